The van der Waals surface area contributed by atoms with Gasteiger partial charge in [0.05, 0.1) is 6.10 Å². The van der Waals surface area contributed by atoms with Gasteiger partial charge in [-0.15, -0.1) is 0 Å². The number of allylic oxidation sites excluding steroid dienone is 1. The summed E-state index contributed by atoms with van der Waals surface area (Å²) in [5.41, 5.74) is -4.52. The van der Waals surface area contributed by atoms with Gasteiger partial charge in [0.2, 0.25) is 0 Å². The number of aliphatic hydroxyl groups excluding tert-OH is 1. The SMILES string of the molecule is COCOC([C@H](C)/C=C/[C@@H](C)[C@H]1CC[C@H]2[C@@H](O)CCC[C@]12C)(C(F)(F)F)C(F)(F)F. The largest absolute Gasteiger partial charge is 0.427 e. The van der Waals surface area contributed by atoms with E-state index in [1.807, 2.05) is 6.92 Å². The molecule has 0 radical (unpaired) electrons. The molecule has 0 bridgehead atoms. The number of fused-ring (bicyclic) bond motifs is 1. The van der Waals surface area contributed by atoms with E-state index in [-0.39, 0.29) is 23.2 Å². The molecular formula is C21H32F6O3. The fourth-order valence-electron chi connectivity index (χ4n) is 5.79. The van der Waals surface area contributed by atoms with Crippen LogP contribution in [0, 0.1) is 29.1 Å². The molecule has 0 unspecified atom stereocenters. The molecule has 2 fully saturated rings. The van der Waals surface area contributed by atoms with E-state index in [0.717, 1.165) is 52.2 Å². The van der Waals surface area contributed by atoms with Crippen molar-refractivity contribution < 1.29 is 40.9 Å². The molecule has 2 rings (SSSR count). The van der Waals surface area contributed by atoms with Crippen LogP contribution in [-0.4, -0.2) is 43.1 Å². The molecule has 0 aliphatic heterocycles. The van der Waals surface area contributed by atoms with Gasteiger partial charge < -0.3 is 14.6 Å². The van der Waals surface area contributed by atoms with E-state index < -0.39 is 36.8 Å². The lowest BCUT2D eigenvalue weighted by Crippen LogP contribution is -2.62. The van der Waals surface area contributed by atoms with Crippen molar-refractivity contribution in [3.63, 3.8) is 0 Å². The van der Waals surface area contributed by atoms with Crippen LogP contribution in [0.15, 0.2) is 12.2 Å². The fourth-order valence-corrected chi connectivity index (χ4v) is 5.79. The highest BCUT2D eigenvalue weighted by Gasteiger charge is 2.74. The number of ether oxygens (including phenoxy) is 2. The summed E-state index contributed by atoms with van der Waals surface area (Å²) in [6.07, 6.45) is -5.19. The van der Waals surface area contributed by atoms with Crippen LogP contribution >= 0.6 is 0 Å². The summed E-state index contributed by atoms with van der Waals surface area (Å²) in [5, 5.41) is 10.3. The minimum atomic E-state index is -5.67. The lowest BCUT2D eigenvalue weighted by Gasteiger charge is -2.45. The van der Waals surface area contributed by atoms with Crippen molar-refractivity contribution >= 4 is 0 Å². The minimum Gasteiger partial charge on any atom is -0.393 e. The van der Waals surface area contributed by atoms with Gasteiger partial charge in [0.1, 0.15) is 6.79 Å². The number of halogens is 6. The van der Waals surface area contributed by atoms with Crippen molar-refractivity contribution in [3.8, 4) is 0 Å². The normalized spacial score (nSPS) is 33.0. The molecule has 1 N–H and O–H groups in total. The van der Waals surface area contributed by atoms with Crippen molar-refractivity contribution in [2.75, 3.05) is 13.9 Å². The van der Waals surface area contributed by atoms with Gasteiger partial charge in [-0.3, -0.25) is 0 Å². The number of alkyl halides is 6. The van der Waals surface area contributed by atoms with Gasteiger partial charge in [0.15, 0.2) is 0 Å². The quantitative estimate of drug-likeness (QED) is 0.302. The minimum absolute atomic E-state index is 0.0898. The molecule has 2 saturated carbocycles. The summed E-state index contributed by atoms with van der Waals surface area (Å²) < 4.78 is 90.4. The van der Waals surface area contributed by atoms with E-state index in [1.54, 1.807) is 0 Å². The summed E-state index contributed by atoms with van der Waals surface area (Å²) in [6, 6.07) is 0. The highest BCUT2D eigenvalue weighted by Crippen LogP contribution is 2.58. The average molecular weight is 446 g/mol. The van der Waals surface area contributed by atoms with Crippen LogP contribution in [0.5, 0.6) is 0 Å². The first kappa shape index (κ1) is 25.5. The molecule has 2 aliphatic rings. The molecule has 3 nitrogen and oxygen atoms in total. The van der Waals surface area contributed by atoms with Gasteiger partial charge in [-0.25, -0.2) is 0 Å². The number of rotatable bonds is 7. The van der Waals surface area contributed by atoms with E-state index in [2.05, 4.69) is 16.4 Å². The van der Waals surface area contributed by atoms with Crippen LogP contribution in [0.1, 0.15) is 52.9 Å². The molecule has 0 aromatic heterocycles. The Morgan fingerprint density at radius 2 is 1.63 bits per heavy atom. The Kier molecular flexibility index (Phi) is 7.62. The maximum Gasteiger partial charge on any atom is 0.427 e. The summed E-state index contributed by atoms with van der Waals surface area (Å²) in [7, 11) is 0.968. The van der Waals surface area contributed by atoms with Gasteiger partial charge in [0, 0.05) is 13.0 Å². The molecule has 0 heterocycles. The second-order valence-corrected chi connectivity index (χ2v) is 9.07. The third-order valence-electron chi connectivity index (χ3n) is 7.39. The van der Waals surface area contributed by atoms with Crippen molar-refractivity contribution in [1.29, 1.82) is 0 Å². The lowest BCUT2D eigenvalue weighted by molar-refractivity contribution is -0.402. The van der Waals surface area contributed by atoms with Crippen molar-refractivity contribution in [1.82, 2.24) is 0 Å². The average Bonchev–Trinajstić information content (AvgIpc) is 2.96. The number of methoxy groups -OCH3 is 1. The maximum absolute atomic E-state index is 13.6. The zero-order valence-corrected chi connectivity index (χ0v) is 17.8. The van der Waals surface area contributed by atoms with Crippen LogP contribution in [0.3, 0.4) is 0 Å². The van der Waals surface area contributed by atoms with Gasteiger partial charge >= 0.3 is 12.4 Å². The van der Waals surface area contributed by atoms with E-state index in [9.17, 15) is 31.4 Å². The van der Waals surface area contributed by atoms with E-state index in [0.29, 0.717) is 0 Å². The Balaban J connectivity index is 2.27. The van der Waals surface area contributed by atoms with Crippen LogP contribution in [0.25, 0.3) is 0 Å². The summed E-state index contributed by atoms with van der Waals surface area (Å²) in [5.74, 6) is -2.02. The molecule has 176 valence electrons. The second-order valence-electron chi connectivity index (χ2n) is 9.07. The van der Waals surface area contributed by atoms with Gasteiger partial charge in [0.25, 0.3) is 5.60 Å². The van der Waals surface area contributed by atoms with Crippen molar-refractivity contribution in [2.24, 2.45) is 29.1 Å². The molecule has 0 amide bonds. The second kappa shape index (κ2) is 8.98. The molecule has 6 atom stereocenters. The summed E-state index contributed by atoms with van der Waals surface area (Å²) in [6.45, 7) is 3.64. The fraction of sp³-hybridized carbons (Fsp3) is 0.905. The molecular weight excluding hydrogens is 414 g/mol. The van der Waals surface area contributed by atoms with Crippen LogP contribution in [0.2, 0.25) is 0 Å². The highest BCUT2D eigenvalue weighted by molar-refractivity contribution is 5.10. The molecule has 0 aromatic carbocycles. The number of hydrogen-bond acceptors (Lipinski definition) is 3. The molecule has 30 heavy (non-hydrogen) atoms. The third-order valence-corrected chi connectivity index (χ3v) is 7.39. The standard InChI is InChI=1S/C21H32F6O3/c1-13(15-9-10-16-17(28)6-5-11-18(15,16)3)7-8-14(2)19(20(22,23)24,21(25,26)27)30-12-29-4/h7-8,13-17,28H,5-6,9-12H2,1-4H3/b8-7+/t13-,14-,15-,16+,17+,18-/m1/s1. The predicted octanol–water partition coefficient (Wildman–Crippen LogP) is 5.88. The topological polar surface area (TPSA) is 38.7 Å². The van der Waals surface area contributed by atoms with Gasteiger partial charge in [-0.2, -0.15) is 26.3 Å². The van der Waals surface area contributed by atoms with Crippen molar-refractivity contribution in [2.45, 2.75) is 76.9 Å². The Morgan fingerprint density at radius 3 is 2.17 bits per heavy atom. The van der Waals surface area contributed by atoms with Gasteiger partial charge in [-0.1, -0.05) is 39.3 Å². The van der Waals surface area contributed by atoms with E-state index >= 15 is 0 Å². The molecule has 0 spiro atoms. The van der Waals surface area contributed by atoms with Crippen molar-refractivity contribution in [3.05, 3.63) is 12.2 Å². The maximum atomic E-state index is 13.6. The Labute approximate surface area is 173 Å². The van der Waals surface area contributed by atoms with E-state index in [1.165, 1.54) is 6.08 Å². The first-order valence-electron chi connectivity index (χ1n) is 10.3. The summed E-state index contributed by atoms with van der Waals surface area (Å²) in [4.78, 5) is 0. The monoisotopic (exact) mass is 446 g/mol. The Morgan fingerprint density at radius 1 is 1.03 bits per heavy atom. The number of aliphatic hydroxyl groups is 1. The van der Waals surface area contributed by atoms with E-state index in [4.69, 9.17) is 0 Å². The first-order chi connectivity index (χ1) is 13.7. The molecule has 9 heteroatoms. The number of hydrogen-bond donors (Lipinski definition) is 1. The van der Waals surface area contributed by atoms with Gasteiger partial charge in [-0.05, 0) is 48.9 Å². The Bertz CT molecular complexity index is 589. The zero-order valence-electron chi connectivity index (χ0n) is 17.8. The highest BCUT2D eigenvalue weighted by atomic mass is 19.4. The third kappa shape index (κ3) is 4.39. The predicted molar refractivity (Wildman–Crippen MR) is 99.4 cm³/mol. The zero-order chi connectivity index (χ0) is 23.0. The Hall–Kier alpha value is -0.800. The lowest BCUT2D eigenvalue weighted by atomic mass is 9.62. The first-order valence-corrected chi connectivity index (χ1v) is 10.3. The van der Waals surface area contributed by atoms with Crippen LogP contribution in [-0.2, 0) is 9.47 Å². The summed E-state index contributed by atoms with van der Waals surface area (Å²) >= 11 is 0. The molecule has 0 saturated heterocycles. The molecule has 2 aliphatic carbocycles. The molecule has 0 aromatic rings. The van der Waals surface area contributed by atoms with Crippen LogP contribution < -0.4 is 0 Å². The van der Waals surface area contributed by atoms with Crippen LogP contribution in [0.4, 0.5) is 26.3 Å². The smallest absolute Gasteiger partial charge is 0.393 e.